The molecule has 1 aromatic carbocycles. The number of carbonyl (C=O) groups excluding carboxylic acids is 2. The first-order valence-electron chi connectivity index (χ1n) is 7.74. The van der Waals surface area contributed by atoms with Gasteiger partial charge in [0.15, 0.2) is 0 Å². The summed E-state index contributed by atoms with van der Waals surface area (Å²) >= 11 is 0. The third kappa shape index (κ3) is 4.88. The van der Waals surface area contributed by atoms with Crippen LogP contribution in [0.2, 0.25) is 0 Å². The van der Waals surface area contributed by atoms with E-state index in [4.69, 9.17) is 0 Å². The van der Waals surface area contributed by atoms with Crippen molar-refractivity contribution in [3.63, 3.8) is 0 Å². The van der Waals surface area contributed by atoms with Gasteiger partial charge >= 0.3 is 0 Å². The average Bonchev–Trinajstić information content (AvgIpc) is 2.52. The van der Waals surface area contributed by atoms with Crippen molar-refractivity contribution in [3.8, 4) is 0 Å². The molecule has 1 heterocycles. The number of piperidine rings is 1. The zero-order chi connectivity index (χ0) is 15.1. The van der Waals surface area contributed by atoms with E-state index in [1.807, 2.05) is 35.2 Å². The summed E-state index contributed by atoms with van der Waals surface area (Å²) in [6.07, 6.45) is 3.85. The summed E-state index contributed by atoms with van der Waals surface area (Å²) < 4.78 is 0. The minimum Gasteiger partial charge on any atom is -0.343 e. The molecule has 0 saturated carbocycles. The van der Waals surface area contributed by atoms with Crippen LogP contribution in [0.1, 0.15) is 38.2 Å². The van der Waals surface area contributed by atoms with Gasteiger partial charge in [0.05, 0.1) is 0 Å². The Hall–Kier alpha value is -1.84. The zero-order valence-corrected chi connectivity index (χ0v) is 12.8. The zero-order valence-electron chi connectivity index (χ0n) is 12.8. The Balaban J connectivity index is 1.85. The average molecular weight is 288 g/mol. The molecule has 2 amide bonds. The highest BCUT2D eigenvalue weighted by molar-refractivity contribution is 5.78. The maximum atomic E-state index is 12.2. The molecule has 1 fully saturated rings. The number of nitrogens with zero attached hydrogens (tertiary/aromatic N) is 2. The van der Waals surface area contributed by atoms with Gasteiger partial charge < -0.3 is 9.80 Å². The Labute approximate surface area is 126 Å². The predicted molar refractivity (Wildman–Crippen MR) is 82.6 cm³/mol. The number of carbonyl (C=O) groups is 2. The first kappa shape index (κ1) is 15.5. The van der Waals surface area contributed by atoms with Gasteiger partial charge in [0.1, 0.15) is 0 Å². The van der Waals surface area contributed by atoms with Gasteiger partial charge in [0.25, 0.3) is 0 Å². The van der Waals surface area contributed by atoms with E-state index in [9.17, 15) is 9.59 Å². The maximum Gasteiger partial charge on any atom is 0.224 e. The van der Waals surface area contributed by atoms with Crippen molar-refractivity contribution >= 4 is 11.8 Å². The fourth-order valence-electron chi connectivity index (χ4n) is 2.68. The molecule has 114 valence electrons. The van der Waals surface area contributed by atoms with E-state index in [2.05, 4.69) is 0 Å². The fourth-order valence-corrected chi connectivity index (χ4v) is 2.68. The van der Waals surface area contributed by atoms with Crippen molar-refractivity contribution in [2.24, 2.45) is 0 Å². The minimum atomic E-state index is 0.0188. The monoisotopic (exact) mass is 288 g/mol. The summed E-state index contributed by atoms with van der Waals surface area (Å²) in [6, 6.07) is 9.89. The second kappa shape index (κ2) is 7.81. The Morgan fingerprint density at radius 1 is 1.10 bits per heavy atom. The van der Waals surface area contributed by atoms with Gasteiger partial charge in [-0.1, -0.05) is 30.3 Å². The van der Waals surface area contributed by atoms with E-state index in [1.165, 1.54) is 6.42 Å². The van der Waals surface area contributed by atoms with Gasteiger partial charge in [-0.25, -0.2) is 0 Å². The number of amides is 2. The van der Waals surface area contributed by atoms with Crippen LogP contribution in [0, 0.1) is 0 Å². The molecule has 0 aromatic heterocycles. The summed E-state index contributed by atoms with van der Waals surface area (Å²) in [5.41, 5.74) is 1.10. The van der Waals surface area contributed by atoms with Crippen LogP contribution < -0.4 is 0 Å². The molecular formula is C17H24N2O2. The van der Waals surface area contributed by atoms with Crippen molar-refractivity contribution in [3.05, 3.63) is 35.9 Å². The second-order valence-electron chi connectivity index (χ2n) is 5.62. The van der Waals surface area contributed by atoms with Gasteiger partial charge in [-0.15, -0.1) is 0 Å². The topological polar surface area (TPSA) is 40.6 Å². The van der Waals surface area contributed by atoms with Gasteiger partial charge in [0.2, 0.25) is 11.8 Å². The summed E-state index contributed by atoms with van der Waals surface area (Å²) in [7, 11) is 0. The van der Waals surface area contributed by atoms with Crippen LogP contribution in [-0.2, 0) is 16.1 Å². The fraction of sp³-hybridized carbons (Fsp3) is 0.529. The van der Waals surface area contributed by atoms with Crippen molar-refractivity contribution in [2.45, 2.75) is 39.2 Å². The quantitative estimate of drug-likeness (QED) is 0.835. The highest BCUT2D eigenvalue weighted by Gasteiger charge is 2.18. The predicted octanol–water partition coefficient (Wildman–Crippen LogP) is 2.44. The number of benzene rings is 1. The van der Waals surface area contributed by atoms with Crippen molar-refractivity contribution < 1.29 is 9.59 Å². The number of rotatable bonds is 5. The van der Waals surface area contributed by atoms with Crippen LogP contribution in [0.15, 0.2) is 30.3 Å². The molecule has 4 heteroatoms. The minimum absolute atomic E-state index is 0.0188. The number of hydrogen-bond acceptors (Lipinski definition) is 2. The molecule has 0 unspecified atom stereocenters. The smallest absolute Gasteiger partial charge is 0.224 e. The maximum absolute atomic E-state index is 12.2. The first-order chi connectivity index (χ1) is 10.2. The molecule has 0 N–H and O–H groups in total. The lowest BCUT2D eigenvalue weighted by atomic mass is 10.1. The van der Waals surface area contributed by atoms with Crippen LogP contribution in [0.5, 0.6) is 0 Å². The lowest BCUT2D eigenvalue weighted by Gasteiger charge is -2.28. The Bertz CT molecular complexity index is 467. The molecule has 0 aliphatic carbocycles. The molecule has 1 aliphatic heterocycles. The molecular weight excluding hydrogens is 264 g/mol. The standard InChI is InChI=1S/C17H24N2O2/c1-15(20)19(14-16-8-4-2-5-9-16)13-10-17(21)18-11-6-3-7-12-18/h2,4-5,8-9H,3,6-7,10-14H2,1H3. The Morgan fingerprint density at radius 2 is 1.76 bits per heavy atom. The highest BCUT2D eigenvalue weighted by atomic mass is 16.2. The van der Waals surface area contributed by atoms with E-state index in [-0.39, 0.29) is 11.8 Å². The van der Waals surface area contributed by atoms with E-state index in [0.717, 1.165) is 31.5 Å². The number of hydrogen-bond donors (Lipinski definition) is 0. The third-order valence-corrected chi connectivity index (χ3v) is 3.97. The lowest BCUT2D eigenvalue weighted by Crippen LogP contribution is -2.38. The largest absolute Gasteiger partial charge is 0.343 e. The van der Waals surface area contributed by atoms with Crippen molar-refractivity contribution in [2.75, 3.05) is 19.6 Å². The van der Waals surface area contributed by atoms with Crippen LogP contribution in [-0.4, -0.2) is 41.2 Å². The molecule has 1 aliphatic rings. The summed E-state index contributed by atoms with van der Waals surface area (Å²) in [5.74, 6) is 0.194. The van der Waals surface area contributed by atoms with Crippen molar-refractivity contribution in [1.29, 1.82) is 0 Å². The van der Waals surface area contributed by atoms with Gasteiger partial charge in [-0.2, -0.15) is 0 Å². The highest BCUT2D eigenvalue weighted by Crippen LogP contribution is 2.11. The molecule has 2 rings (SSSR count). The lowest BCUT2D eigenvalue weighted by molar-refractivity contribution is -0.134. The van der Waals surface area contributed by atoms with Gasteiger partial charge in [-0.3, -0.25) is 9.59 Å². The van der Waals surface area contributed by atoms with Gasteiger partial charge in [0, 0.05) is 39.5 Å². The first-order valence-corrected chi connectivity index (χ1v) is 7.74. The Kier molecular flexibility index (Phi) is 5.78. The molecule has 1 aromatic rings. The number of likely N-dealkylation sites (tertiary alicyclic amines) is 1. The summed E-state index contributed by atoms with van der Waals surface area (Å²) in [5, 5.41) is 0. The molecule has 1 saturated heterocycles. The summed E-state index contributed by atoms with van der Waals surface area (Å²) in [4.78, 5) is 27.6. The summed E-state index contributed by atoms with van der Waals surface area (Å²) in [6.45, 7) is 4.38. The van der Waals surface area contributed by atoms with E-state index in [1.54, 1.807) is 11.8 Å². The van der Waals surface area contributed by atoms with E-state index in [0.29, 0.717) is 19.5 Å². The SMILES string of the molecule is CC(=O)N(CCC(=O)N1CCCCC1)Cc1ccccc1. The van der Waals surface area contributed by atoms with Crippen LogP contribution in [0.25, 0.3) is 0 Å². The molecule has 21 heavy (non-hydrogen) atoms. The molecule has 0 radical (unpaired) electrons. The molecule has 0 atom stereocenters. The van der Waals surface area contributed by atoms with Gasteiger partial charge in [-0.05, 0) is 24.8 Å². The van der Waals surface area contributed by atoms with Crippen LogP contribution in [0.4, 0.5) is 0 Å². The molecule has 0 spiro atoms. The van der Waals surface area contributed by atoms with Crippen molar-refractivity contribution in [1.82, 2.24) is 9.80 Å². The van der Waals surface area contributed by atoms with Crippen LogP contribution >= 0.6 is 0 Å². The second-order valence-corrected chi connectivity index (χ2v) is 5.62. The molecule has 4 nitrogen and oxygen atoms in total. The Morgan fingerprint density at radius 3 is 2.38 bits per heavy atom. The normalized spacial score (nSPS) is 14.8. The van der Waals surface area contributed by atoms with E-state index < -0.39 is 0 Å². The molecule has 0 bridgehead atoms. The third-order valence-electron chi connectivity index (χ3n) is 3.97. The van der Waals surface area contributed by atoms with E-state index >= 15 is 0 Å². The van der Waals surface area contributed by atoms with Crippen LogP contribution in [0.3, 0.4) is 0 Å².